The molecule has 0 aliphatic heterocycles. The van der Waals surface area contributed by atoms with E-state index in [1.165, 1.54) is 18.2 Å². The summed E-state index contributed by atoms with van der Waals surface area (Å²) in [6.07, 6.45) is 2.88. The number of aromatic nitrogens is 2. The zero-order valence-electron chi connectivity index (χ0n) is 15.4. The molecule has 0 saturated heterocycles. The summed E-state index contributed by atoms with van der Waals surface area (Å²) in [6.45, 7) is 1.84. The third kappa shape index (κ3) is 5.14. The van der Waals surface area contributed by atoms with Gasteiger partial charge in [-0.3, -0.25) is 4.79 Å². The van der Waals surface area contributed by atoms with Gasteiger partial charge in [0.05, 0.1) is 11.3 Å². The molecule has 0 bridgehead atoms. The number of nitrogens with zero attached hydrogens (tertiary/aromatic N) is 2. The van der Waals surface area contributed by atoms with Crippen LogP contribution in [0.4, 0.5) is 4.39 Å². The van der Waals surface area contributed by atoms with Crippen LogP contribution in [0.1, 0.15) is 50.0 Å². The molecule has 1 unspecified atom stereocenters. The van der Waals surface area contributed by atoms with Crippen molar-refractivity contribution >= 4 is 16.0 Å². The Morgan fingerprint density at radius 1 is 1.43 bits per heavy atom. The van der Waals surface area contributed by atoms with Crippen LogP contribution in [0.2, 0.25) is 0 Å². The van der Waals surface area contributed by atoms with E-state index in [-0.39, 0.29) is 29.5 Å². The number of hydrogen-bond acceptors (Lipinski definition) is 6. The van der Waals surface area contributed by atoms with Crippen molar-refractivity contribution in [1.82, 2.24) is 14.9 Å². The molecule has 1 aromatic carbocycles. The summed E-state index contributed by atoms with van der Waals surface area (Å²) >= 11 is 0. The molecule has 1 aliphatic rings. The Bertz CT molecular complexity index is 956. The highest BCUT2D eigenvalue weighted by Crippen LogP contribution is 2.39. The van der Waals surface area contributed by atoms with Crippen LogP contribution >= 0.6 is 0 Å². The molecule has 1 atom stereocenters. The first kappa shape index (κ1) is 20.4. The van der Waals surface area contributed by atoms with E-state index in [0.29, 0.717) is 24.3 Å². The molecule has 0 spiro atoms. The molecule has 1 heterocycles. The van der Waals surface area contributed by atoms with E-state index in [1.54, 1.807) is 0 Å². The summed E-state index contributed by atoms with van der Waals surface area (Å²) in [4.78, 5) is 15.6. The number of benzene rings is 1. The first-order valence-electron chi connectivity index (χ1n) is 9.14. The van der Waals surface area contributed by atoms with E-state index >= 15 is 0 Å². The Morgan fingerprint density at radius 2 is 2.18 bits per heavy atom. The SMILES string of the molecule is CCCCS(=O)(=O)NC(Cc1ccc(-c2noc(C3CC3)n2)c(F)c1)C(=O)O. The normalized spacial score (nSPS) is 15.5. The van der Waals surface area contributed by atoms with Gasteiger partial charge in [0.1, 0.15) is 11.9 Å². The highest BCUT2D eigenvalue weighted by Gasteiger charge is 2.30. The Kier molecular flexibility index (Phi) is 6.09. The first-order chi connectivity index (χ1) is 13.3. The van der Waals surface area contributed by atoms with Crippen LogP contribution in [-0.4, -0.2) is 41.4 Å². The summed E-state index contributed by atoms with van der Waals surface area (Å²) in [6, 6.07) is 2.76. The van der Waals surface area contributed by atoms with E-state index in [9.17, 15) is 22.7 Å². The van der Waals surface area contributed by atoms with Crippen molar-refractivity contribution in [2.24, 2.45) is 0 Å². The summed E-state index contributed by atoms with van der Waals surface area (Å²) in [5, 5.41) is 13.1. The number of carboxylic acids is 1. The topological polar surface area (TPSA) is 122 Å². The van der Waals surface area contributed by atoms with Crippen LogP contribution in [0.25, 0.3) is 11.4 Å². The molecule has 0 radical (unpaired) electrons. The predicted molar refractivity (Wildman–Crippen MR) is 98.6 cm³/mol. The number of sulfonamides is 1. The van der Waals surface area contributed by atoms with E-state index < -0.39 is 27.9 Å². The van der Waals surface area contributed by atoms with Crippen molar-refractivity contribution in [3.63, 3.8) is 0 Å². The van der Waals surface area contributed by atoms with Gasteiger partial charge in [-0.05, 0) is 43.4 Å². The van der Waals surface area contributed by atoms with Crippen molar-refractivity contribution in [1.29, 1.82) is 0 Å². The fourth-order valence-electron chi connectivity index (χ4n) is 2.73. The number of rotatable bonds is 10. The van der Waals surface area contributed by atoms with Crippen LogP contribution in [-0.2, 0) is 21.2 Å². The van der Waals surface area contributed by atoms with Crippen LogP contribution in [0.5, 0.6) is 0 Å². The lowest BCUT2D eigenvalue weighted by Gasteiger charge is -2.15. The zero-order chi connectivity index (χ0) is 20.3. The number of carboxylic acid groups (broad SMARTS) is 1. The Hall–Kier alpha value is -2.33. The highest BCUT2D eigenvalue weighted by molar-refractivity contribution is 7.89. The van der Waals surface area contributed by atoms with Crippen LogP contribution in [0.15, 0.2) is 22.7 Å². The molecule has 3 rings (SSSR count). The van der Waals surface area contributed by atoms with Gasteiger partial charge in [-0.2, -0.15) is 4.98 Å². The molecule has 2 N–H and O–H groups in total. The number of nitrogens with one attached hydrogen (secondary N) is 1. The Morgan fingerprint density at radius 3 is 2.79 bits per heavy atom. The standard InChI is InChI=1S/C18H22FN3O5S/c1-2-3-8-28(25,26)22-15(18(23)24)10-11-4-7-13(14(19)9-11)16-20-17(27-21-16)12-5-6-12/h4,7,9,12,15,22H,2-3,5-6,8,10H2,1H3,(H,23,24). The molecule has 1 aromatic heterocycles. The number of aliphatic carboxylic acids is 1. The summed E-state index contributed by atoms with van der Waals surface area (Å²) in [7, 11) is -3.73. The number of unbranched alkanes of at least 4 members (excludes halogenated alkanes) is 1. The molecule has 8 nitrogen and oxygen atoms in total. The maximum Gasteiger partial charge on any atom is 0.322 e. The second kappa shape index (κ2) is 8.36. The van der Waals surface area contributed by atoms with Crippen LogP contribution in [0.3, 0.4) is 0 Å². The maximum absolute atomic E-state index is 14.5. The van der Waals surface area contributed by atoms with Gasteiger partial charge in [0, 0.05) is 5.92 Å². The summed E-state index contributed by atoms with van der Waals surface area (Å²) in [5.74, 6) is -1.22. The van der Waals surface area contributed by atoms with Crippen molar-refractivity contribution in [3.8, 4) is 11.4 Å². The van der Waals surface area contributed by atoms with Gasteiger partial charge in [-0.25, -0.2) is 17.5 Å². The highest BCUT2D eigenvalue weighted by atomic mass is 32.2. The monoisotopic (exact) mass is 411 g/mol. The summed E-state index contributed by atoms with van der Waals surface area (Å²) < 4.78 is 45.8. The molecule has 1 saturated carbocycles. The third-order valence-electron chi connectivity index (χ3n) is 4.47. The lowest BCUT2D eigenvalue weighted by Crippen LogP contribution is -2.43. The molecule has 0 amide bonds. The van der Waals surface area contributed by atoms with E-state index in [2.05, 4.69) is 14.9 Å². The van der Waals surface area contributed by atoms with E-state index in [1.807, 2.05) is 6.92 Å². The minimum Gasteiger partial charge on any atom is -0.480 e. The molecule has 2 aromatic rings. The lowest BCUT2D eigenvalue weighted by atomic mass is 10.0. The van der Waals surface area contributed by atoms with Gasteiger partial charge >= 0.3 is 5.97 Å². The van der Waals surface area contributed by atoms with E-state index in [4.69, 9.17) is 4.52 Å². The van der Waals surface area contributed by atoms with Gasteiger partial charge in [-0.15, -0.1) is 0 Å². The summed E-state index contributed by atoms with van der Waals surface area (Å²) in [5.41, 5.74) is 0.493. The first-order valence-corrected chi connectivity index (χ1v) is 10.8. The van der Waals surface area contributed by atoms with Crippen LogP contribution < -0.4 is 4.72 Å². The average Bonchev–Trinajstić information content (AvgIpc) is 3.37. The second-order valence-electron chi connectivity index (χ2n) is 6.93. The van der Waals surface area contributed by atoms with Crippen molar-refractivity contribution in [3.05, 3.63) is 35.5 Å². The fraction of sp³-hybridized carbons (Fsp3) is 0.500. The van der Waals surface area contributed by atoms with Gasteiger partial charge in [0.2, 0.25) is 21.7 Å². The zero-order valence-corrected chi connectivity index (χ0v) is 16.2. The minimum atomic E-state index is -3.73. The predicted octanol–water partition coefficient (Wildman–Crippen LogP) is 2.47. The maximum atomic E-state index is 14.5. The quantitative estimate of drug-likeness (QED) is 0.616. The molecule has 152 valence electrons. The molecular formula is C18H22FN3O5S. The molecule has 1 aliphatic carbocycles. The number of carbonyl (C=O) groups is 1. The minimum absolute atomic E-state index is 0.140. The van der Waals surface area contributed by atoms with Gasteiger partial charge in [0.25, 0.3) is 0 Å². The molecule has 28 heavy (non-hydrogen) atoms. The van der Waals surface area contributed by atoms with Gasteiger partial charge < -0.3 is 9.63 Å². The van der Waals surface area contributed by atoms with Crippen molar-refractivity contribution < 1.29 is 27.2 Å². The largest absolute Gasteiger partial charge is 0.480 e. The van der Waals surface area contributed by atoms with Crippen molar-refractivity contribution in [2.75, 3.05) is 5.75 Å². The molecule has 10 heteroatoms. The Labute approximate surface area is 162 Å². The second-order valence-corrected chi connectivity index (χ2v) is 8.80. The average molecular weight is 411 g/mol. The third-order valence-corrected chi connectivity index (χ3v) is 5.94. The smallest absolute Gasteiger partial charge is 0.322 e. The molecular weight excluding hydrogens is 389 g/mol. The van der Waals surface area contributed by atoms with Gasteiger partial charge in [-0.1, -0.05) is 24.6 Å². The number of hydrogen-bond donors (Lipinski definition) is 2. The van der Waals surface area contributed by atoms with Crippen molar-refractivity contribution in [2.45, 2.75) is 51.0 Å². The van der Waals surface area contributed by atoms with E-state index in [0.717, 1.165) is 12.8 Å². The number of halogens is 1. The fourth-order valence-corrected chi connectivity index (χ4v) is 4.14. The molecule has 1 fully saturated rings. The Balaban J connectivity index is 1.73. The van der Waals surface area contributed by atoms with Gasteiger partial charge in [0.15, 0.2) is 0 Å². The van der Waals surface area contributed by atoms with Crippen LogP contribution in [0, 0.1) is 5.82 Å². The lowest BCUT2D eigenvalue weighted by molar-refractivity contribution is -0.138.